The topological polar surface area (TPSA) is 61.6 Å². The Bertz CT molecular complexity index is 403. The van der Waals surface area contributed by atoms with E-state index in [1.165, 1.54) is 14.2 Å². The third kappa shape index (κ3) is 2.48. The van der Waals surface area contributed by atoms with E-state index >= 15 is 0 Å². The molecule has 0 amide bonds. The average molecular weight is 251 g/mol. The Hall–Kier alpha value is -1.55. The van der Waals surface area contributed by atoms with Crippen molar-refractivity contribution < 1.29 is 14.3 Å². The number of Topliss-reactive ketones (excluding diaryl/α,β-unsaturated/α-hetero) is 1. The number of carbonyl (C=O) groups excluding carboxylic acids is 1. The van der Waals surface area contributed by atoms with E-state index in [1.54, 1.807) is 18.2 Å². The van der Waals surface area contributed by atoms with Crippen molar-refractivity contribution in [2.75, 3.05) is 20.8 Å². The Balaban J connectivity index is 3.35. The van der Waals surface area contributed by atoms with Crippen molar-refractivity contribution in [3.63, 3.8) is 0 Å². The lowest BCUT2D eigenvalue weighted by Crippen LogP contribution is -2.35. The molecule has 4 heteroatoms. The van der Waals surface area contributed by atoms with E-state index in [9.17, 15) is 4.79 Å². The number of methoxy groups -OCH3 is 2. The predicted molar refractivity (Wildman–Crippen MR) is 71.3 cm³/mol. The molecule has 0 aliphatic carbocycles. The molecule has 100 valence electrons. The minimum absolute atomic E-state index is 0.0400. The quantitative estimate of drug-likeness (QED) is 0.788. The SMILES string of the molecule is CCC(C)(CN)C(=O)c1c(OC)cccc1OC. The standard InChI is InChI=1S/C14H21NO3/c1-5-14(2,9-15)13(16)12-10(17-3)7-6-8-11(12)18-4/h6-8H,5,9,15H2,1-4H3. The van der Waals surface area contributed by atoms with Crippen LogP contribution in [0, 0.1) is 5.41 Å². The maximum absolute atomic E-state index is 12.6. The summed E-state index contributed by atoms with van der Waals surface area (Å²) in [5, 5.41) is 0. The lowest BCUT2D eigenvalue weighted by molar-refractivity contribution is 0.0813. The van der Waals surface area contributed by atoms with Gasteiger partial charge in [-0.3, -0.25) is 4.79 Å². The first-order valence-electron chi connectivity index (χ1n) is 6.00. The van der Waals surface area contributed by atoms with Gasteiger partial charge in [0.2, 0.25) is 0 Å². The highest BCUT2D eigenvalue weighted by atomic mass is 16.5. The first kappa shape index (κ1) is 14.5. The minimum atomic E-state index is -0.595. The van der Waals surface area contributed by atoms with Crippen molar-refractivity contribution in [2.24, 2.45) is 11.1 Å². The van der Waals surface area contributed by atoms with Crippen molar-refractivity contribution in [3.05, 3.63) is 23.8 Å². The molecule has 4 nitrogen and oxygen atoms in total. The molecule has 2 N–H and O–H groups in total. The van der Waals surface area contributed by atoms with Crippen molar-refractivity contribution in [2.45, 2.75) is 20.3 Å². The van der Waals surface area contributed by atoms with Crippen LogP contribution in [0.25, 0.3) is 0 Å². The van der Waals surface area contributed by atoms with Gasteiger partial charge in [-0.25, -0.2) is 0 Å². The van der Waals surface area contributed by atoms with E-state index in [0.29, 0.717) is 30.0 Å². The number of benzene rings is 1. The number of carbonyl (C=O) groups is 1. The molecule has 0 bridgehead atoms. The number of nitrogens with two attached hydrogens (primary N) is 1. The van der Waals surface area contributed by atoms with Crippen molar-refractivity contribution >= 4 is 5.78 Å². The Morgan fingerprint density at radius 1 is 1.28 bits per heavy atom. The van der Waals surface area contributed by atoms with Crippen molar-refractivity contribution in [3.8, 4) is 11.5 Å². The highest BCUT2D eigenvalue weighted by Gasteiger charge is 2.34. The molecule has 0 aliphatic rings. The molecule has 0 aliphatic heterocycles. The van der Waals surface area contributed by atoms with Crippen molar-refractivity contribution in [1.29, 1.82) is 0 Å². The number of hydrogen-bond acceptors (Lipinski definition) is 4. The fraction of sp³-hybridized carbons (Fsp3) is 0.500. The molecule has 18 heavy (non-hydrogen) atoms. The zero-order chi connectivity index (χ0) is 13.8. The van der Waals surface area contributed by atoms with E-state index in [0.717, 1.165) is 0 Å². The van der Waals surface area contributed by atoms with Crippen LogP contribution in [0.2, 0.25) is 0 Å². The Morgan fingerprint density at radius 3 is 2.11 bits per heavy atom. The lowest BCUT2D eigenvalue weighted by atomic mass is 9.79. The Kier molecular flexibility index (Phi) is 4.73. The number of rotatable bonds is 6. The van der Waals surface area contributed by atoms with Crippen LogP contribution in [-0.2, 0) is 0 Å². The van der Waals surface area contributed by atoms with Crippen LogP contribution in [0.5, 0.6) is 11.5 Å². The lowest BCUT2D eigenvalue weighted by Gasteiger charge is -2.26. The number of ether oxygens (including phenoxy) is 2. The van der Waals surface area contributed by atoms with Crippen LogP contribution in [-0.4, -0.2) is 26.5 Å². The molecule has 0 heterocycles. The van der Waals surface area contributed by atoms with Gasteiger partial charge in [0.05, 0.1) is 14.2 Å². The van der Waals surface area contributed by atoms with Gasteiger partial charge >= 0.3 is 0 Å². The highest BCUT2D eigenvalue weighted by Crippen LogP contribution is 2.35. The summed E-state index contributed by atoms with van der Waals surface area (Å²) in [5.74, 6) is 1.00. The molecule has 1 aromatic carbocycles. The summed E-state index contributed by atoms with van der Waals surface area (Å²) >= 11 is 0. The summed E-state index contributed by atoms with van der Waals surface area (Å²) in [7, 11) is 3.08. The third-order valence-electron chi connectivity index (χ3n) is 3.43. The molecule has 1 atom stereocenters. The van der Waals surface area contributed by atoms with Crippen molar-refractivity contribution in [1.82, 2.24) is 0 Å². The maximum Gasteiger partial charge on any atom is 0.177 e. The third-order valence-corrected chi connectivity index (χ3v) is 3.43. The van der Waals surface area contributed by atoms with Crippen LogP contribution in [0.15, 0.2) is 18.2 Å². The Labute approximate surface area is 108 Å². The normalized spacial score (nSPS) is 13.8. The summed E-state index contributed by atoms with van der Waals surface area (Å²) in [6, 6.07) is 5.30. The average Bonchev–Trinajstić information content (AvgIpc) is 2.44. The first-order chi connectivity index (χ1) is 8.53. The van der Waals surface area contributed by atoms with Crippen LogP contribution < -0.4 is 15.2 Å². The largest absolute Gasteiger partial charge is 0.496 e. The molecular formula is C14H21NO3. The van der Waals surface area contributed by atoms with Crippen LogP contribution >= 0.6 is 0 Å². The molecule has 0 aromatic heterocycles. The smallest absolute Gasteiger partial charge is 0.177 e. The molecule has 0 radical (unpaired) electrons. The Morgan fingerprint density at radius 2 is 1.78 bits per heavy atom. The second kappa shape index (κ2) is 5.87. The van der Waals surface area contributed by atoms with Gasteiger partial charge in [-0.2, -0.15) is 0 Å². The van der Waals surface area contributed by atoms with E-state index in [1.807, 2.05) is 13.8 Å². The monoisotopic (exact) mass is 251 g/mol. The summed E-state index contributed by atoms with van der Waals surface area (Å²) in [6.45, 7) is 4.11. The van der Waals surface area contributed by atoms with Gasteiger partial charge in [-0.1, -0.05) is 19.9 Å². The number of ketones is 1. The first-order valence-corrected chi connectivity index (χ1v) is 6.00. The molecule has 0 spiro atoms. The molecule has 0 saturated heterocycles. The highest BCUT2D eigenvalue weighted by molar-refractivity contribution is 6.05. The molecule has 0 saturated carbocycles. The summed E-state index contributed by atoms with van der Waals surface area (Å²) in [5.41, 5.74) is 5.61. The van der Waals surface area contributed by atoms with Gasteiger partial charge < -0.3 is 15.2 Å². The van der Waals surface area contributed by atoms with Crippen LogP contribution in [0.3, 0.4) is 0 Å². The molecular weight excluding hydrogens is 230 g/mol. The van der Waals surface area contributed by atoms with Gasteiger partial charge in [-0.05, 0) is 18.6 Å². The number of hydrogen-bond donors (Lipinski definition) is 1. The maximum atomic E-state index is 12.6. The zero-order valence-electron chi connectivity index (χ0n) is 11.4. The van der Waals surface area contributed by atoms with Gasteiger partial charge in [0.15, 0.2) is 5.78 Å². The van der Waals surface area contributed by atoms with Crippen LogP contribution in [0.4, 0.5) is 0 Å². The molecule has 1 unspecified atom stereocenters. The summed E-state index contributed by atoms with van der Waals surface area (Å²) in [4.78, 5) is 12.6. The fourth-order valence-corrected chi connectivity index (χ4v) is 1.77. The van der Waals surface area contributed by atoms with E-state index in [4.69, 9.17) is 15.2 Å². The summed E-state index contributed by atoms with van der Waals surface area (Å²) in [6.07, 6.45) is 0.670. The van der Waals surface area contributed by atoms with E-state index < -0.39 is 5.41 Å². The summed E-state index contributed by atoms with van der Waals surface area (Å²) < 4.78 is 10.5. The second-order valence-electron chi connectivity index (χ2n) is 4.48. The van der Waals surface area contributed by atoms with Gasteiger partial charge in [0.25, 0.3) is 0 Å². The molecule has 1 rings (SSSR count). The van der Waals surface area contributed by atoms with Gasteiger partial charge in [-0.15, -0.1) is 0 Å². The second-order valence-corrected chi connectivity index (χ2v) is 4.48. The minimum Gasteiger partial charge on any atom is -0.496 e. The van der Waals surface area contributed by atoms with Crippen LogP contribution in [0.1, 0.15) is 30.6 Å². The van der Waals surface area contributed by atoms with Gasteiger partial charge in [0.1, 0.15) is 17.1 Å². The predicted octanol–water partition coefficient (Wildman–Crippen LogP) is 2.26. The van der Waals surface area contributed by atoms with E-state index in [-0.39, 0.29) is 5.78 Å². The fourth-order valence-electron chi connectivity index (χ4n) is 1.77. The van der Waals surface area contributed by atoms with Gasteiger partial charge in [0, 0.05) is 12.0 Å². The zero-order valence-corrected chi connectivity index (χ0v) is 11.4. The van der Waals surface area contributed by atoms with E-state index in [2.05, 4.69) is 0 Å². The molecule has 0 fully saturated rings. The molecule has 1 aromatic rings.